The highest BCUT2D eigenvalue weighted by atomic mass is 32.2. The molecule has 1 aromatic heterocycles. The van der Waals surface area contributed by atoms with Gasteiger partial charge in [-0.1, -0.05) is 16.6 Å². The normalized spacial score (nSPS) is 10.8. The summed E-state index contributed by atoms with van der Waals surface area (Å²) < 4.78 is 29.8. The van der Waals surface area contributed by atoms with E-state index in [2.05, 4.69) is 14.3 Å². The average molecular weight is 280 g/mol. The Morgan fingerprint density at radius 2 is 2.06 bits per heavy atom. The quantitative estimate of drug-likeness (QED) is 0.913. The van der Waals surface area contributed by atoms with E-state index < -0.39 is 10.0 Å². The van der Waals surface area contributed by atoms with Gasteiger partial charge in [-0.3, -0.25) is 4.72 Å². The van der Waals surface area contributed by atoms with E-state index in [-0.39, 0.29) is 11.3 Å². The van der Waals surface area contributed by atoms with E-state index in [4.69, 9.17) is 5.26 Å². The first-order valence-corrected chi connectivity index (χ1v) is 7.13. The number of rotatable bonds is 4. The van der Waals surface area contributed by atoms with Gasteiger partial charge >= 0.3 is 0 Å². The molecule has 18 heavy (non-hydrogen) atoms. The van der Waals surface area contributed by atoms with Crippen LogP contribution in [0.25, 0.3) is 0 Å². The molecule has 0 unspecified atom stereocenters. The van der Waals surface area contributed by atoms with Crippen molar-refractivity contribution in [2.75, 3.05) is 4.72 Å². The Morgan fingerprint density at radius 1 is 1.33 bits per heavy atom. The first-order valence-electron chi connectivity index (χ1n) is 4.88. The molecule has 0 aliphatic rings. The third-order valence-electron chi connectivity index (χ3n) is 2.11. The maximum Gasteiger partial charge on any atom is 0.262 e. The summed E-state index contributed by atoms with van der Waals surface area (Å²) in [5.41, 5.74) is 0.774. The molecule has 0 saturated heterocycles. The van der Waals surface area contributed by atoms with Crippen LogP contribution < -0.4 is 4.72 Å². The van der Waals surface area contributed by atoms with E-state index in [9.17, 15) is 8.42 Å². The number of benzene rings is 1. The summed E-state index contributed by atoms with van der Waals surface area (Å²) in [5.74, 6) is 0. The molecule has 0 saturated carbocycles. The minimum Gasteiger partial charge on any atom is -0.268 e. The largest absolute Gasteiger partial charge is 0.268 e. The first-order chi connectivity index (χ1) is 8.62. The van der Waals surface area contributed by atoms with Crippen LogP contribution in [0.1, 0.15) is 5.56 Å². The molecular weight excluding hydrogens is 272 g/mol. The van der Waals surface area contributed by atoms with E-state index in [0.717, 1.165) is 17.1 Å². The third kappa shape index (κ3) is 2.82. The monoisotopic (exact) mass is 280 g/mol. The molecule has 0 amide bonds. The third-order valence-corrected chi connectivity index (χ3v) is 4.20. The van der Waals surface area contributed by atoms with E-state index in [1.807, 2.05) is 6.07 Å². The van der Waals surface area contributed by atoms with Gasteiger partial charge in [-0.2, -0.15) is 5.26 Å². The smallest absolute Gasteiger partial charge is 0.262 e. The van der Waals surface area contributed by atoms with Gasteiger partial charge in [0, 0.05) is 11.5 Å². The Kier molecular flexibility index (Phi) is 3.55. The predicted octanol–water partition coefficient (Wildman–Crippen LogP) is 1.40. The van der Waals surface area contributed by atoms with Crippen LogP contribution in [0, 0.1) is 11.3 Å². The van der Waals surface area contributed by atoms with Crippen LogP contribution in [0.3, 0.4) is 0 Å². The Hall–Kier alpha value is -1.98. The zero-order valence-corrected chi connectivity index (χ0v) is 10.7. The highest BCUT2D eigenvalue weighted by Crippen LogP contribution is 2.18. The van der Waals surface area contributed by atoms with Crippen LogP contribution in [0.2, 0.25) is 0 Å². The fraction of sp³-hybridized carbons (Fsp3) is 0.100. The molecule has 0 aliphatic carbocycles. The van der Waals surface area contributed by atoms with Gasteiger partial charge in [-0.05, 0) is 17.7 Å². The molecule has 1 aromatic carbocycles. The number of nitrogens with zero attached hydrogens (tertiary/aromatic N) is 3. The summed E-state index contributed by atoms with van der Waals surface area (Å²) in [6, 6.07) is 8.15. The molecule has 0 atom stereocenters. The molecule has 6 nitrogen and oxygen atoms in total. The molecule has 1 heterocycles. The van der Waals surface area contributed by atoms with Crippen molar-refractivity contribution in [1.82, 2.24) is 9.59 Å². The van der Waals surface area contributed by atoms with Crippen molar-refractivity contribution in [3.63, 3.8) is 0 Å². The predicted molar refractivity (Wildman–Crippen MR) is 66.5 cm³/mol. The van der Waals surface area contributed by atoms with E-state index in [1.165, 1.54) is 18.3 Å². The molecule has 2 aromatic rings. The molecule has 92 valence electrons. The van der Waals surface area contributed by atoms with Crippen molar-refractivity contribution in [1.29, 1.82) is 5.26 Å². The maximum absolute atomic E-state index is 11.9. The lowest BCUT2D eigenvalue weighted by molar-refractivity contribution is 0.601. The molecular formula is C10H8N4O2S2. The van der Waals surface area contributed by atoms with Crippen LogP contribution in [0.5, 0.6) is 0 Å². The second kappa shape index (κ2) is 5.12. The standard InChI is InChI=1S/C10H8N4O2S2/c11-6-5-8-1-3-9(4-2-8)18(15,16)13-10-7-12-14-17-10/h1-4,7,13H,5H2. The molecule has 8 heteroatoms. The summed E-state index contributed by atoms with van der Waals surface area (Å²) >= 11 is 0.961. The lowest BCUT2D eigenvalue weighted by Crippen LogP contribution is -2.11. The lowest BCUT2D eigenvalue weighted by Gasteiger charge is -2.05. The highest BCUT2D eigenvalue weighted by molar-refractivity contribution is 7.93. The van der Waals surface area contributed by atoms with Gasteiger partial charge < -0.3 is 0 Å². The van der Waals surface area contributed by atoms with Gasteiger partial charge in [0.05, 0.1) is 23.6 Å². The number of nitriles is 1. The van der Waals surface area contributed by atoms with Crippen molar-refractivity contribution < 1.29 is 8.42 Å². The van der Waals surface area contributed by atoms with Crippen LogP contribution in [-0.2, 0) is 16.4 Å². The van der Waals surface area contributed by atoms with Crippen molar-refractivity contribution in [2.45, 2.75) is 11.3 Å². The summed E-state index contributed by atoms with van der Waals surface area (Å²) in [5, 5.41) is 12.4. The second-order valence-corrected chi connectivity index (χ2v) is 5.83. The summed E-state index contributed by atoms with van der Waals surface area (Å²) in [6.07, 6.45) is 1.60. The van der Waals surface area contributed by atoms with Crippen LogP contribution in [0.15, 0.2) is 35.4 Å². The number of nitrogens with one attached hydrogen (secondary N) is 1. The number of aromatic nitrogens is 2. The molecule has 1 N–H and O–H groups in total. The van der Waals surface area contributed by atoms with Gasteiger partial charge in [0.25, 0.3) is 10.0 Å². The Labute approximate surface area is 108 Å². The topological polar surface area (TPSA) is 95.7 Å². The van der Waals surface area contributed by atoms with Crippen LogP contribution in [-0.4, -0.2) is 18.0 Å². The summed E-state index contributed by atoms with van der Waals surface area (Å²) in [4.78, 5) is 0.137. The molecule has 0 radical (unpaired) electrons. The fourth-order valence-electron chi connectivity index (χ4n) is 1.28. The lowest BCUT2D eigenvalue weighted by atomic mass is 10.2. The van der Waals surface area contributed by atoms with Crippen molar-refractivity contribution in [3.8, 4) is 6.07 Å². The second-order valence-electron chi connectivity index (χ2n) is 3.37. The summed E-state index contributed by atoms with van der Waals surface area (Å²) in [6.45, 7) is 0. The van der Waals surface area contributed by atoms with Gasteiger partial charge in [0.15, 0.2) is 0 Å². The van der Waals surface area contributed by atoms with Crippen molar-refractivity contribution in [3.05, 3.63) is 36.0 Å². The SMILES string of the molecule is N#CCc1ccc(S(=O)(=O)Nc2cnns2)cc1. The molecule has 0 aliphatic heterocycles. The van der Waals surface area contributed by atoms with Crippen molar-refractivity contribution >= 4 is 26.6 Å². The van der Waals surface area contributed by atoms with Crippen LogP contribution in [0.4, 0.5) is 5.00 Å². The number of hydrogen-bond acceptors (Lipinski definition) is 6. The Morgan fingerprint density at radius 3 is 2.61 bits per heavy atom. The van der Waals surface area contributed by atoms with E-state index >= 15 is 0 Å². The maximum atomic E-state index is 11.9. The average Bonchev–Trinajstić information content (AvgIpc) is 2.82. The number of anilines is 1. The van der Waals surface area contributed by atoms with Gasteiger partial charge in [0.2, 0.25) is 0 Å². The molecule has 0 fully saturated rings. The van der Waals surface area contributed by atoms with Gasteiger partial charge in [-0.25, -0.2) is 8.42 Å². The Bertz CT molecular complexity index is 657. The zero-order chi connectivity index (χ0) is 13.0. The van der Waals surface area contributed by atoms with Gasteiger partial charge in [0.1, 0.15) is 5.00 Å². The summed E-state index contributed by atoms with van der Waals surface area (Å²) in [7, 11) is -3.62. The van der Waals surface area contributed by atoms with E-state index in [1.54, 1.807) is 12.1 Å². The zero-order valence-electron chi connectivity index (χ0n) is 9.07. The van der Waals surface area contributed by atoms with Gasteiger partial charge in [-0.15, -0.1) is 5.10 Å². The van der Waals surface area contributed by atoms with Crippen molar-refractivity contribution in [2.24, 2.45) is 0 Å². The minimum atomic E-state index is -3.62. The van der Waals surface area contributed by atoms with Crippen LogP contribution >= 0.6 is 11.5 Å². The number of hydrogen-bond donors (Lipinski definition) is 1. The number of sulfonamides is 1. The molecule has 2 rings (SSSR count). The Balaban J connectivity index is 2.22. The van der Waals surface area contributed by atoms with E-state index in [0.29, 0.717) is 5.00 Å². The minimum absolute atomic E-state index is 0.137. The highest BCUT2D eigenvalue weighted by Gasteiger charge is 2.14. The molecule has 0 bridgehead atoms. The molecule has 0 spiro atoms. The first kappa shape index (κ1) is 12.5. The fourth-order valence-corrected chi connectivity index (χ4v) is 2.97.